The zero-order valence-electron chi connectivity index (χ0n) is 14.0. The Morgan fingerprint density at radius 1 is 0.950 bits per heavy atom. The summed E-state index contributed by atoms with van der Waals surface area (Å²) in [6.45, 7) is 10.8. The molecule has 0 aromatic carbocycles. The molecule has 0 bridgehead atoms. The highest BCUT2D eigenvalue weighted by Gasteiger charge is 2.37. The lowest BCUT2D eigenvalue weighted by molar-refractivity contribution is 0.0408. The molecule has 1 saturated heterocycles. The molecule has 1 heterocycles. The average molecular weight is 280 g/mol. The summed E-state index contributed by atoms with van der Waals surface area (Å²) in [5.74, 6) is 1.62. The lowest BCUT2D eigenvalue weighted by Gasteiger charge is -2.46. The molecule has 118 valence electrons. The fourth-order valence-electron chi connectivity index (χ4n) is 4.32. The van der Waals surface area contributed by atoms with Crippen LogP contribution in [0.25, 0.3) is 0 Å². The van der Waals surface area contributed by atoms with Crippen LogP contribution in [0.3, 0.4) is 0 Å². The number of nitrogens with zero attached hydrogens (tertiary/aromatic N) is 1. The molecule has 3 unspecified atom stereocenters. The molecule has 0 aromatic rings. The molecule has 2 fully saturated rings. The molecule has 0 radical (unpaired) electrons. The van der Waals surface area contributed by atoms with E-state index in [9.17, 15) is 0 Å². The van der Waals surface area contributed by atoms with E-state index >= 15 is 0 Å². The van der Waals surface area contributed by atoms with Crippen LogP contribution in [0, 0.1) is 17.3 Å². The largest absolute Gasteiger partial charge is 0.330 e. The summed E-state index contributed by atoms with van der Waals surface area (Å²) in [6.07, 6.45) is 11.2. The predicted octanol–water partition coefficient (Wildman–Crippen LogP) is 4.04. The molecule has 2 aliphatic rings. The molecule has 3 atom stereocenters. The summed E-state index contributed by atoms with van der Waals surface area (Å²) in [5, 5.41) is 0. The number of rotatable bonds is 2. The molecule has 2 heteroatoms. The smallest absolute Gasteiger partial charge is 0.0138 e. The third-order valence-corrected chi connectivity index (χ3v) is 5.84. The molecular weight excluding hydrogens is 244 g/mol. The van der Waals surface area contributed by atoms with Gasteiger partial charge in [-0.1, -0.05) is 40.0 Å². The van der Waals surface area contributed by atoms with Crippen LogP contribution in [0.4, 0.5) is 0 Å². The Balaban J connectivity index is 2.03. The molecule has 0 aromatic heterocycles. The van der Waals surface area contributed by atoms with E-state index in [4.69, 9.17) is 5.73 Å². The zero-order valence-corrected chi connectivity index (χ0v) is 14.0. The summed E-state index contributed by atoms with van der Waals surface area (Å²) in [5.41, 5.74) is 6.56. The standard InChI is InChI=1S/C18H36N2/c1-18(2,3)16-10-9-15(14-19)17(13-16)20-11-7-5-4-6-8-12-20/h15-17H,4-14,19H2,1-3H3. The fourth-order valence-corrected chi connectivity index (χ4v) is 4.32. The first-order valence-corrected chi connectivity index (χ1v) is 8.96. The van der Waals surface area contributed by atoms with E-state index in [0.29, 0.717) is 5.41 Å². The second-order valence-electron chi connectivity index (χ2n) is 8.24. The van der Waals surface area contributed by atoms with E-state index in [2.05, 4.69) is 25.7 Å². The Labute approximate surface area is 126 Å². The monoisotopic (exact) mass is 280 g/mol. The highest BCUT2D eigenvalue weighted by molar-refractivity contribution is 4.91. The number of hydrogen-bond donors (Lipinski definition) is 1. The van der Waals surface area contributed by atoms with E-state index in [1.54, 1.807) is 0 Å². The van der Waals surface area contributed by atoms with Crippen molar-refractivity contribution in [3.8, 4) is 0 Å². The summed E-state index contributed by atoms with van der Waals surface area (Å²) < 4.78 is 0. The van der Waals surface area contributed by atoms with Crippen LogP contribution in [-0.4, -0.2) is 30.6 Å². The molecule has 2 N–H and O–H groups in total. The normalized spacial score (nSPS) is 34.5. The van der Waals surface area contributed by atoms with Gasteiger partial charge in [0.2, 0.25) is 0 Å². The van der Waals surface area contributed by atoms with Gasteiger partial charge in [0, 0.05) is 6.04 Å². The molecule has 0 spiro atoms. The Kier molecular flexibility index (Phi) is 5.92. The Hall–Kier alpha value is -0.0800. The number of hydrogen-bond acceptors (Lipinski definition) is 2. The topological polar surface area (TPSA) is 29.3 Å². The zero-order chi connectivity index (χ0) is 14.6. The summed E-state index contributed by atoms with van der Waals surface area (Å²) in [4.78, 5) is 2.81. The Bertz CT molecular complexity index is 274. The van der Waals surface area contributed by atoms with E-state index < -0.39 is 0 Å². The van der Waals surface area contributed by atoms with Crippen molar-refractivity contribution in [1.29, 1.82) is 0 Å². The second-order valence-corrected chi connectivity index (χ2v) is 8.24. The van der Waals surface area contributed by atoms with E-state index in [1.807, 2.05) is 0 Å². The maximum absolute atomic E-state index is 6.10. The van der Waals surface area contributed by atoms with Gasteiger partial charge in [0.1, 0.15) is 0 Å². The number of likely N-dealkylation sites (tertiary alicyclic amines) is 1. The summed E-state index contributed by atoms with van der Waals surface area (Å²) >= 11 is 0. The molecule has 2 nitrogen and oxygen atoms in total. The lowest BCUT2D eigenvalue weighted by atomic mass is 9.67. The molecule has 1 aliphatic carbocycles. The highest BCUT2D eigenvalue weighted by atomic mass is 15.2. The van der Waals surface area contributed by atoms with Crippen LogP contribution in [0.2, 0.25) is 0 Å². The second kappa shape index (κ2) is 7.26. The summed E-state index contributed by atoms with van der Waals surface area (Å²) in [6, 6.07) is 0.760. The lowest BCUT2D eigenvalue weighted by Crippen LogP contribution is -2.49. The molecule has 20 heavy (non-hydrogen) atoms. The van der Waals surface area contributed by atoms with Crippen molar-refractivity contribution in [2.75, 3.05) is 19.6 Å². The van der Waals surface area contributed by atoms with Gasteiger partial charge in [-0.3, -0.25) is 0 Å². The van der Waals surface area contributed by atoms with Crippen molar-refractivity contribution in [2.45, 2.75) is 78.2 Å². The average Bonchev–Trinajstić information content (AvgIpc) is 2.36. The van der Waals surface area contributed by atoms with Crippen LogP contribution in [0.1, 0.15) is 72.1 Å². The van der Waals surface area contributed by atoms with Gasteiger partial charge >= 0.3 is 0 Å². The van der Waals surface area contributed by atoms with Gasteiger partial charge in [0.15, 0.2) is 0 Å². The van der Waals surface area contributed by atoms with Crippen LogP contribution in [0.15, 0.2) is 0 Å². The van der Waals surface area contributed by atoms with Crippen molar-refractivity contribution >= 4 is 0 Å². The van der Waals surface area contributed by atoms with Crippen molar-refractivity contribution in [3.05, 3.63) is 0 Å². The van der Waals surface area contributed by atoms with Gasteiger partial charge in [0.25, 0.3) is 0 Å². The molecule has 1 saturated carbocycles. The highest BCUT2D eigenvalue weighted by Crippen LogP contribution is 2.41. The van der Waals surface area contributed by atoms with Crippen LogP contribution < -0.4 is 5.73 Å². The first kappa shape index (κ1) is 16.3. The first-order chi connectivity index (χ1) is 9.52. The van der Waals surface area contributed by atoms with Crippen molar-refractivity contribution < 1.29 is 0 Å². The van der Waals surface area contributed by atoms with Crippen molar-refractivity contribution in [2.24, 2.45) is 23.0 Å². The van der Waals surface area contributed by atoms with Crippen LogP contribution >= 0.6 is 0 Å². The van der Waals surface area contributed by atoms with E-state index in [1.165, 1.54) is 64.5 Å². The van der Waals surface area contributed by atoms with Gasteiger partial charge in [-0.05, 0) is 69.0 Å². The van der Waals surface area contributed by atoms with Gasteiger partial charge < -0.3 is 10.6 Å². The predicted molar refractivity (Wildman–Crippen MR) is 87.8 cm³/mol. The molecule has 1 aliphatic heterocycles. The summed E-state index contributed by atoms with van der Waals surface area (Å²) in [7, 11) is 0. The fraction of sp³-hybridized carbons (Fsp3) is 1.00. The van der Waals surface area contributed by atoms with Gasteiger partial charge in [-0.2, -0.15) is 0 Å². The Morgan fingerprint density at radius 2 is 1.55 bits per heavy atom. The van der Waals surface area contributed by atoms with Gasteiger partial charge in [-0.25, -0.2) is 0 Å². The number of nitrogens with two attached hydrogens (primary N) is 1. The van der Waals surface area contributed by atoms with Crippen LogP contribution in [0.5, 0.6) is 0 Å². The van der Waals surface area contributed by atoms with Crippen LogP contribution in [-0.2, 0) is 0 Å². The van der Waals surface area contributed by atoms with Gasteiger partial charge in [-0.15, -0.1) is 0 Å². The van der Waals surface area contributed by atoms with E-state index in [-0.39, 0.29) is 0 Å². The molecule has 0 amide bonds. The third kappa shape index (κ3) is 4.21. The quantitative estimate of drug-likeness (QED) is 0.827. The SMILES string of the molecule is CC(C)(C)C1CCC(CN)C(N2CCCCCCC2)C1. The molecular formula is C18H36N2. The van der Waals surface area contributed by atoms with Crippen molar-refractivity contribution in [3.63, 3.8) is 0 Å². The maximum Gasteiger partial charge on any atom is 0.0138 e. The van der Waals surface area contributed by atoms with Crippen molar-refractivity contribution in [1.82, 2.24) is 4.90 Å². The molecule has 2 rings (SSSR count). The minimum atomic E-state index is 0.459. The first-order valence-electron chi connectivity index (χ1n) is 8.96. The minimum Gasteiger partial charge on any atom is -0.330 e. The van der Waals surface area contributed by atoms with E-state index in [0.717, 1.165) is 24.4 Å². The minimum absolute atomic E-state index is 0.459. The maximum atomic E-state index is 6.10. The third-order valence-electron chi connectivity index (χ3n) is 5.84. The van der Waals surface area contributed by atoms with Gasteiger partial charge in [0.05, 0.1) is 0 Å². The Morgan fingerprint density at radius 3 is 2.10 bits per heavy atom.